The van der Waals surface area contributed by atoms with E-state index in [2.05, 4.69) is 10.3 Å². The van der Waals surface area contributed by atoms with Crippen molar-refractivity contribution in [2.24, 2.45) is 0 Å². The zero-order valence-electron chi connectivity index (χ0n) is 20.1. The first-order chi connectivity index (χ1) is 17.5. The van der Waals surface area contributed by atoms with Gasteiger partial charge in [-0.1, -0.05) is 18.2 Å². The Balaban J connectivity index is 1.37. The molecule has 2 aliphatic rings. The molecule has 1 N–H and O–H groups in total. The molecule has 36 heavy (non-hydrogen) atoms. The summed E-state index contributed by atoms with van der Waals surface area (Å²) >= 11 is 0. The van der Waals surface area contributed by atoms with Gasteiger partial charge in [0.15, 0.2) is 11.5 Å². The van der Waals surface area contributed by atoms with Crippen molar-refractivity contribution in [3.8, 4) is 11.5 Å². The summed E-state index contributed by atoms with van der Waals surface area (Å²) in [6.45, 7) is 1.43. The fourth-order valence-corrected chi connectivity index (χ4v) is 4.89. The molecule has 3 amide bonds. The van der Waals surface area contributed by atoms with Gasteiger partial charge in [-0.05, 0) is 24.6 Å². The van der Waals surface area contributed by atoms with E-state index in [-0.39, 0.29) is 24.1 Å². The summed E-state index contributed by atoms with van der Waals surface area (Å²) in [7, 11) is 3.01. The number of ether oxygens (including phenoxy) is 2. The van der Waals surface area contributed by atoms with Gasteiger partial charge < -0.3 is 24.3 Å². The number of anilines is 1. The molecule has 10 nitrogen and oxygen atoms in total. The van der Waals surface area contributed by atoms with E-state index >= 15 is 0 Å². The lowest BCUT2D eigenvalue weighted by Gasteiger charge is -2.41. The number of carbonyl (C=O) groups is 3. The van der Waals surface area contributed by atoms with E-state index in [4.69, 9.17) is 9.47 Å². The first-order valence-corrected chi connectivity index (χ1v) is 11.8. The third-order valence-electron chi connectivity index (χ3n) is 6.54. The topological polar surface area (TPSA) is 106 Å². The molecule has 5 rings (SSSR count). The summed E-state index contributed by atoms with van der Waals surface area (Å²) in [5.41, 5.74) is 2.06. The van der Waals surface area contributed by atoms with E-state index < -0.39 is 6.17 Å². The van der Waals surface area contributed by atoms with E-state index in [0.29, 0.717) is 59.9 Å². The molecule has 0 fully saturated rings. The number of nitrogens with zero attached hydrogens (tertiary/aromatic N) is 4. The molecule has 0 spiro atoms. The minimum atomic E-state index is -0.626. The van der Waals surface area contributed by atoms with Crippen molar-refractivity contribution in [2.45, 2.75) is 25.6 Å². The Hall–Kier alpha value is -4.34. The van der Waals surface area contributed by atoms with Gasteiger partial charge in [0, 0.05) is 44.0 Å². The lowest BCUT2D eigenvalue weighted by molar-refractivity contribution is -0.121. The largest absolute Gasteiger partial charge is 0.493 e. The molecule has 0 bridgehead atoms. The Morgan fingerprint density at radius 1 is 1.06 bits per heavy atom. The number of carbonyl (C=O) groups excluding carboxylic acids is 3. The van der Waals surface area contributed by atoms with Crippen molar-refractivity contribution < 1.29 is 23.9 Å². The first-order valence-electron chi connectivity index (χ1n) is 11.8. The molecule has 0 radical (unpaired) electrons. The lowest BCUT2D eigenvalue weighted by atomic mass is 10.0. The maximum atomic E-state index is 13.7. The average Bonchev–Trinajstić information content (AvgIpc) is 3.52. The zero-order chi connectivity index (χ0) is 25.2. The van der Waals surface area contributed by atoms with E-state index in [9.17, 15) is 14.4 Å². The number of benzene rings is 2. The standard InChI is InChI=1S/C26H27N5O5/c1-35-20-10-9-18-22(23(20)36-2)26(34)31-19-7-4-3-6-17(19)25(33)30(24(18)31)13-5-8-21(32)28-12-15-29-14-11-27-16-29/h3-4,6-7,9-11,14,16,24H,5,8,12-13,15H2,1-2H3,(H,28,32). The third kappa shape index (κ3) is 3.94. The maximum Gasteiger partial charge on any atom is 0.264 e. The number of fused-ring (bicyclic) bond motifs is 5. The van der Waals surface area contributed by atoms with Crippen molar-refractivity contribution in [3.63, 3.8) is 0 Å². The Morgan fingerprint density at radius 3 is 2.64 bits per heavy atom. The van der Waals surface area contributed by atoms with Gasteiger partial charge in [0.25, 0.3) is 11.8 Å². The molecular formula is C26H27N5O5. The van der Waals surface area contributed by atoms with Gasteiger partial charge in [-0.2, -0.15) is 0 Å². The van der Waals surface area contributed by atoms with Crippen LogP contribution < -0.4 is 19.7 Å². The fourth-order valence-electron chi connectivity index (χ4n) is 4.89. The van der Waals surface area contributed by atoms with Crippen LogP contribution in [0.2, 0.25) is 0 Å². The van der Waals surface area contributed by atoms with Crippen molar-refractivity contribution >= 4 is 23.4 Å². The molecule has 0 saturated heterocycles. The van der Waals surface area contributed by atoms with Gasteiger partial charge in [-0.15, -0.1) is 0 Å². The third-order valence-corrected chi connectivity index (χ3v) is 6.54. The average molecular weight is 490 g/mol. The van der Waals surface area contributed by atoms with E-state index in [1.165, 1.54) is 14.2 Å². The van der Waals surface area contributed by atoms with Gasteiger partial charge in [-0.3, -0.25) is 19.3 Å². The molecule has 3 aromatic rings. The Labute approximate surface area is 208 Å². The van der Waals surface area contributed by atoms with Crippen LogP contribution in [0.1, 0.15) is 45.3 Å². The Bertz CT molecular complexity index is 1310. The second-order valence-corrected chi connectivity index (χ2v) is 8.58. The van der Waals surface area contributed by atoms with Crippen LogP contribution >= 0.6 is 0 Å². The molecule has 186 valence electrons. The smallest absolute Gasteiger partial charge is 0.264 e. The number of para-hydroxylation sites is 1. The van der Waals surface area contributed by atoms with E-state index in [1.54, 1.807) is 58.7 Å². The summed E-state index contributed by atoms with van der Waals surface area (Å²) in [6.07, 6.45) is 5.31. The number of hydrogen-bond donors (Lipinski definition) is 1. The van der Waals surface area contributed by atoms with Crippen molar-refractivity contribution in [1.82, 2.24) is 19.8 Å². The van der Waals surface area contributed by atoms with Gasteiger partial charge >= 0.3 is 0 Å². The second kappa shape index (κ2) is 9.73. The predicted octanol–water partition coefficient (Wildman–Crippen LogP) is 2.61. The first kappa shape index (κ1) is 23.4. The highest BCUT2D eigenvalue weighted by Crippen LogP contribution is 2.49. The van der Waals surface area contributed by atoms with Crippen LogP contribution in [0, 0.1) is 0 Å². The van der Waals surface area contributed by atoms with Crippen LogP contribution in [0.15, 0.2) is 55.1 Å². The maximum absolute atomic E-state index is 13.7. The zero-order valence-corrected chi connectivity index (χ0v) is 20.1. The van der Waals surface area contributed by atoms with Crippen LogP contribution in [0.3, 0.4) is 0 Å². The summed E-state index contributed by atoms with van der Waals surface area (Å²) in [4.78, 5) is 46.9. The normalized spacial score (nSPS) is 15.9. The van der Waals surface area contributed by atoms with Gasteiger partial charge in [0.1, 0.15) is 6.17 Å². The number of rotatable bonds is 9. The SMILES string of the molecule is COc1ccc2c(c1OC)C(=O)N1c3ccccc3C(=O)N(CCCC(=O)NCCn3ccnc3)C21. The molecule has 3 heterocycles. The quantitative estimate of drug-likeness (QED) is 0.495. The van der Waals surface area contributed by atoms with Crippen LogP contribution in [-0.2, 0) is 11.3 Å². The molecule has 0 saturated carbocycles. The number of nitrogens with one attached hydrogen (secondary N) is 1. The van der Waals surface area contributed by atoms with Gasteiger partial charge in [-0.25, -0.2) is 4.98 Å². The summed E-state index contributed by atoms with van der Waals surface area (Å²) in [5.74, 6) is 0.265. The highest BCUT2D eigenvalue weighted by molar-refractivity contribution is 6.18. The molecule has 2 aliphatic heterocycles. The monoisotopic (exact) mass is 489 g/mol. The van der Waals surface area contributed by atoms with Crippen molar-refractivity contribution in [1.29, 1.82) is 0 Å². The predicted molar refractivity (Wildman–Crippen MR) is 131 cm³/mol. The Kier molecular flexibility index (Phi) is 6.32. The molecule has 1 atom stereocenters. The summed E-state index contributed by atoms with van der Waals surface area (Å²) in [5, 5.41) is 2.90. The minimum Gasteiger partial charge on any atom is -0.493 e. The van der Waals surface area contributed by atoms with Crippen molar-refractivity contribution in [2.75, 3.05) is 32.2 Å². The summed E-state index contributed by atoms with van der Waals surface area (Å²) in [6, 6.07) is 10.6. The molecule has 0 aliphatic carbocycles. The molecule has 2 aromatic carbocycles. The van der Waals surface area contributed by atoms with E-state index in [1.807, 2.05) is 10.8 Å². The van der Waals surface area contributed by atoms with Crippen LogP contribution in [0.25, 0.3) is 0 Å². The van der Waals surface area contributed by atoms with Crippen LogP contribution in [-0.4, -0.2) is 59.5 Å². The van der Waals surface area contributed by atoms with Crippen LogP contribution in [0.4, 0.5) is 5.69 Å². The highest BCUT2D eigenvalue weighted by atomic mass is 16.5. The lowest BCUT2D eigenvalue weighted by Crippen LogP contribution is -2.48. The second-order valence-electron chi connectivity index (χ2n) is 8.58. The molecule has 1 unspecified atom stereocenters. The number of methoxy groups -OCH3 is 2. The fraction of sp³-hybridized carbons (Fsp3) is 0.308. The Morgan fingerprint density at radius 2 is 1.89 bits per heavy atom. The van der Waals surface area contributed by atoms with Crippen molar-refractivity contribution in [3.05, 3.63) is 71.8 Å². The highest BCUT2D eigenvalue weighted by Gasteiger charge is 2.49. The number of hydrogen-bond acceptors (Lipinski definition) is 6. The van der Waals surface area contributed by atoms with Gasteiger partial charge in [0.2, 0.25) is 5.91 Å². The number of imidazole rings is 1. The summed E-state index contributed by atoms with van der Waals surface area (Å²) < 4.78 is 12.8. The number of aromatic nitrogens is 2. The molecule has 10 heteroatoms. The van der Waals surface area contributed by atoms with Crippen LogP contribution in [0.5, 0.6) is 11.5 Å². The van der Waals surface area contributed by atoms with Gasteiger partial charge in [0.05, 0.1) is 37.4 Å². The molecule has 1 aromatic heterocycles. The van der Waals surface area contributed by atoms with E-state index in [0.717, 1.165) is 0 Å². The minimum absolute atomic E-state index is 0.0915. The molecular weight excluding hydrogens is 462 g/mol. The number of amides is 3.